The molecule has 0 radical (unpaired) electrons. The first kappa shape index (κ1) is 26.6. The Kier molecular flexibility index (Phi) is 20.7. The summed E-state index contributed by atoms with van der Waals surface area (Å²) in [6.07, 6.45) is 3.57. The molecule has 0 aromatic carbocycles. The van der Waals surface area contributed by atoms with Gasteiger partial charge in [-0.3, -0.25) is 9.59 Å². The van der Waals surface area contributed by atoms with Crippen LogP contribution in [-0.2, 0) is 13.3 Å². The molecule has 0 atom stereocenters. The van der Waals surface area contributed by atoms with Crippen LogP contribution in [0.25, 0.3) is 0 Å². The molecule has 0 bridgehead atoms. The fraction of sp³-hybridized carbons (Fsp3) is 0.833. The van der Waals surface area contributed by atoms with Crippen molar-refractivity contribution in [1.29, 1.82) is 0 Å². The number of thiol groups is 2. The second-order valence-corrected chi connectivity index (χ2v) is 8.17. The SMILES string of the molecule is CCC(CC)CC[Si](OC)(OC)OC.NC(=O)S.NC(=O)S. The Morgan fingerprint density at radius 3 is 1.41 bits per heavy atom. The van der Waals surface area contributed by atoms with E-state index in [1.165, 1.54) is 12.8 Å². The van der Waals surface area contributed by atoms with Gasteiger partial charge in [-0.2, -0.15) is 0 Å². The molecule has 0 aliphatic heterocycles. The van der Waals surface area contributed by atoms with E-state index in [1.54, 1.807) is 21.3 Å². The van der Waals surface area contributed by atoms with E-state index in [0.29, 0.717) is 0 Å². The standard InChI is InChI=1S/C10H24O3Si.2CH3NOS/c1-6-10(7-2)8-9-14(11-3,12-4)13-5;2*2-1(3)4/h10H,6-9H2,1-5H3;2*(H3,2,3,4). The number of carbonyl (C=O) groups is 2. The summed E-state index contributed by atoms with van der Waals surface area (Å²) < 4.78 is 16.1. The Bertz CT molecular complexity index is 262. The van der Waals surface area contributed by atoms with Gasteiger partial charge in [0, 0.05) is 27.4 Å². The van der Waals surface area contributed by atoms with Crippen molar-refractivity contribution in [2.45, 2.75) is 39.2 Å². The van der Waals surface area contributed by atoms with Crippen molar-refractivity contribution >= 4 is 44.5 Å². The summed E-state index contributed by atoms with van der Waals surface area (Å²) in [5.74, 6) is 0.766. The normalized spacial score (nSPS) is 10.2. The van der Waals surface area contributed by atoms with E-state index in [9.17, 15) is 0 Å². The Hall–Kier alpha value is -0.263. The minimum absolute atomic E-state index is 0.639. The largest absolute Gasteiger partial charge is 0.500 e. The molecule has 22 heavy (non-hydrogen) atoms. The third kappa shape index (κ3) is 19.7. The van der Waals surface area contributed by atoms with Crippen LogP contribution in [0, 0.1) is 5.92 Å². The van der Waals surface area contributed by atoms with Crippen molar-refractivity contribution in [3.8, 4) is 0 Å². The monoisotopic (exact) mass is 374 g/mol. The lowest BCUT2D eigenvalue weighted by Crippen LogP contribution is -2.42. The summed E-state index contributed by atoms with van der Waals surface area (Å²) in [6, 6.07) is 0.919. The molecule has 0 aromatic rings. The average molecular weight is 375 g/mol. The molecule has 0 saturated carbocycles. The van der Waals surface area contributed by atoms with Crippen molar-refractivity contribution < 1.29 is 22.9 Å². The van der Waals surface area contributed by atoms with Gasteiger partial charge >= 0.3 is 8.80 Å². The second kappa shape index (κ2) is 17.1. The van der Waals surface area contributed by atoms with Gasteiger partial charge in [-0.1, -0.05) is 51.9 Å². The zero-order chi connectivity index (χ0) is 18.2. The average Bonchev–Trinajstić information content (AvgIpc) is 2.43. The molecule has 4 N–H and O–H groups in total. The lowest BCUT2D eigenvalue weighted by molar-refractivity contribution is 0.121. The topological polar surface area (TPSA) is 114 Å². The van der Waals surface area contributed by atoms with E-state index in [1.807, 2.05) is 0 Å². The minimum Gasteiger partial charge on any atom is -0.377 e. The molecule has 2 amide bonds. The molecule has 0 spiro atoms. The molecule has 7 nitrogen and oxygen atoms in total. The van der Waals surface area contributed by atoms with Crippen molar-refractivity contribution in [3.05, 3.63) is 0 Å². The van der Waals surface area contributed by atoms with Crippen molar-refractivity contribution in [3.63, 3.8) is 0 Å². The highest BCUT2D eigenvalue weighted by Gasteiger charge is 2.37. The fourth-order valence-corrected chi connectivity index (χ4v) is 3.51. The van der Waals surface area contributed by atoms with Crippen LogP contribution in [0.5, 0.6) is 0 Å². The third-order valence-electron chi connectivity index (χ3n) is 2.95. The van der Waals surface area contributed by atoms with Gasteiger partial charge in [-0.15, -0.1) is 0 Å². The van der Waals surface area contributed by atoms with Gasteiger partial charge < -0.3 is 24.7 Å². The highest BCUT2D eigenvalue weighted by Crippen LogP contribution is 2.22. The van der Waals surface area contributed by atoms with Gasteiger partial charge in [0.2, 0.25) is 0 Å². The molecule has 0 aliphatic carbocycles. The molecule has 0 aromatic heterocycles. The van der Waals surface area contributed by atoms with Crippen LogP contribution >= 0.6 is 25.3 Å². The zero-order valence-corrected chi connectivity index (χ0v) is 16.8. The Morgan fingerprint density at radius 1 is 0.955 bits per heavy atom. The highest BCUT2D eigenvalue weighted by molar-refractivity contribution is 7.96. The number of amides is 2. The molecule has 0 heterocycles. The summed E-state index contributed by atoms with van der Waals surface area (Å²) in [5, 5.41) is -1.28. The molecule has 0 saturated heterocycles. The summed E-state index contributed by atoms with van der Waals surface area (Å²) in [7, 11) is 2.71. The van der Waals surface area contributed by atoms with Crippen molar-refractivity contribution in [1.82, 2.24) is 0 Å². The lowest BCUT2D eigenvalue weighted by atomic mass is 10.0. The first-order valence-electron chi connectivity index (χ1n) is 6.76. The predicted molar refractivity (Wildman–Crippen MR) is 97.4 cm³/mol. The Labute approximate surface area is 145 Å². The summed E-state index contributed by atoms with van der Waals surface area (Å²) >= 11 is 6.21. The summed E-state index contributed by atoms with van der Waals surface area (Å²) in [6.45, 7) is 4.45. The molecular formula is C12H30N2O5S2Si. The Balaban J connectivity index is -0.000000372. The maximum absolute atomic E-state index is 9.09. The van der Waals surface area contributed by atoms with Gasteiger partial charge in [0.05, 0.1) is 0 Å². The number of carbonyl (C=O) groups excluding carboxylic acids is 2. The summed E-state index contributed by atoms with van der Waals surface area (Å²) in [4.78, 5) is 18.2. The van der Waals surface area contributed by atoms with E-state index in [-0.39, 0.29) is 0 Å². The number of nitrogens with two attached hydrogens (primary N) is 2. The first-order valence-corrected chi connectivity index (χ1v) is 9.59. The highest BCUT2D eigenvalue weighted by atomic mass is 32.1. The molecule has 0 fully saturated rings. The van der Waals surface area contributed by atoms with Crippen LogP contribution in [-0.4, -0.2) is 40.6 Å². The van der Waals surface area contributed by atoms with Gasteiger partial charge in [0.1, 0.15) is 0 Å². The predicted octanol–water partition coefficient (Wildman–Crippen LogP) is 2.68. The van der Waals surface area contributed by atoms with E-state index < -0.39 is 19.3 Å². The first-order chi connectivity index (χ1) is 10.1. The quantitative estimate of drug-likeness (QED) is 0.385. The maximum atomic E-state index is 9.09. The molecular weight excluding hydrogens is 344 g/mol. The molecule has 134 valence electrons. The van der Waals surface area contributed by atoms with Crippen LogP contribution in [0.2, 0.25) is 6.04 Å². The van der Waals surface area contributed by atoms with Gasteiger partial charge in [0.15, 0.2) is 0 Å². The van der Waals surface area contributed by atoms with Crippen LogP contribution in [0.3, 0.4) is 0 Å². The number of rotatable bonds is 8. The van der Waals surface area contributed by atoms with E-state index in [2.05, 4.69) is 50.6 Å². The minimum atomic E-state index is -2.31. The zero-order valence-electron chi connectivity index (χ0n) is 14.0. The van der Waals surface area contributed by atoms with Crippen molar-refractivity contribution in [2.75, 3.05) is 21.3 Å². The molecule has 0 aliphatic rings. The smallest absolute Gasteiger partial charge is 0.377 e. The number of hydrogen-bond donors (Lipinski definition) is 4. The van der Waals surface area contributed by atoms with Gasteiger partial charge in [0.25, 0.3) is 10.5 Å². The lowest BCUT2D eigenvalue weighted by Gasteiger charge is -2.25. The third-order valence-corrected chi connectivity index (χ3v) is 5.71. The van der Waals surface area contributed by atoms with Gasteiger partial charge in [-0.25, -0.2) is 0 Å². The maximum Gasteiger partial charge on any atom is 0.500 e. The van der Waals surface area contributed by atoms with Crippen LogP contribution in [0.1, 0.15) is 33.1 Å². The van der Waals surface area contributed by atoms with E-state index in [4.69, 9.17) is 22.9 Å². The van der Waals surface area contributed by atoms with E-state index >= 15 is 0 Å². The molecule has 0 unspecified atom stereocenters. The van der Waals surface area contributed by atoms with Crippen LogP contribution < -0.4 is 11.5 Å². The Morgan fingerprint density at radius 2 is 1.23 bits per heavy atom. The number of primary amides is 2. The van der Waals surface area contributed by atoms with Crippen LogP contribution in [0.15, 0.2) is 0 Å². The van der Waals surface area contributed by atoms with Gasteiger partial charge in [-0.05, 0) is 12.3 Å². The van der Waals surface area contributed by atoms with E-state index in [0.717, 1.165) is 18.4 Å². The second-order valence-electron chi connectivity index (χ2n) is 4.19. The molecule has 0 rings (SSSR count). The van der Waals surface area contributed by atoms with Crippen molar-refractivity contribution in [2.24, 2.45) is 17.4 Å². The van der Waals surface area contributed by atoms with Crippen LogP contribution in [0.4, 0.5) is 9.59 Å². The fourth-order valence-electron chi connectivity index (χ4n) is 1.63. The molecule has 10 heteroatoms. The number of hydrogen-bond acceptors (Lipinski definition) is 5. The summed E-state index contributed by atoms with van der Waals surface area (Å²) in [5.41, 5.74) is 8.67.